The SMILES string of the molecule is CCC(CC)(OC(CNC(C)(C)C)COc1nsnc1N1CCOCC1)C(C)C(=O)OC(CC)(CC)C(C)C(=O)C(C)=O. The summed E-state index contributed by atoms with van der Waals surface area (Å²) in [6, 6.07) is 0. The molecule has 0 spiro atoms. The van der Waals surface area contributed by atoms with Crippen LogP contribution in [0, 0.1) is 11.8 Å². The highest BCUT2D eigenvalue weighted by atomic mass is 32.1. The zero-order chi connectivity index (χ0) is 32.4. The molecule has 12 heteroatoms. The lowest BCUT2D eigenvalue weighted by Crippen LogP contribution is -2.53. The van der Waals surface area contributed by atoms with E-state index in [4.69, 9.17) is 18.9 Å². The number of aromatic nitrogens is 2. The largest absolute Gasteiger partial charge is 0.472 e. The van der Waals surface area contributed by atoms with Crippen molar-refractivity contribution in [1.82, 2.24) is 14.1 Å². The molecule has 2 heterocycles. The molecule has 1 aromatic heterocycles. The number of carbonyl (C=O) groups is 3. The van der Waals surface area contributed by atoms with Crippen molar-refractivity contribution in [1.29, 1.82) is 0 Å². The molecule has 246 valence electrons. The van der Waals surface area contributed by atoms with Crippen molar-refractivity contribution >= 4 is 35.1 Å². The topological polar surface area (TPSA) is 129 Å². The number of ketones is 2. The van der Waals surface area contributed by atoms with Crippen LogP contribution in [-0.4, -0.2) is 88.6 Å². The molecule has 1 aliphatic rings. The van der Waals surface area contributed by atoms with E-state index in [2.05, 4.69) is 39.7 Å². The van der Waals surface area contributed by atoms with E-state index < -0.39 is 46.7 Å². The van der Waals surface area contributed by atoms with Gasteiger partial charge in [-0.15, -0.1) is 4.37 Å². The summed E-state index contributed by atoms with van der Waals surface area (Å²) in [5, 5.41) is 3.51. The van der Waals surface area contributed by atoms with Crippen LogP contribution in [0.25, 0.3) is 0 Å². The Hall–Kier alpha value is -2.15. The molecule has 0 aliphatic carbocycles. The lowest BCUT2D eigenvalue weighted by atomic mass is 9.79. The molecule has 0 bridgehead atoms. The van der Waals surface area contributed by atoms with Gasteiger partial charge in [-0.1, -0.05) is 34.6 Å². The van der Waals surface area contributed by atoms with E-state index >= 15 is 0 Å². The van der Waals surface area contributed by atoms with Crippen LogP contribution in [0.1, 0.15) is 94.9 Å². The summed E-state index contributed by atoms with van der Waals surface area (Å²) >= 11 is 1.11. The quantitative estimate of drug-likeness (QED) is 0.181. The first-order valence-electron chi connectivity index (χ1n) is 15.7. The van der Waals surface area contributed by atoms with Gasteiger partial charge in [0.15, 0.2) is 5.78 Å². The summed E-state index contributed by atoms with van der Waals surface area (Å²) in [7, 11) is 0. The molecule has 1 fully saturated rings. The first-order valence-corrected chi connectivity index (χ1v) is 16.4. The highest BCUT2D eigenvalue weighted by molar-refractivity contribution is 6.99. The second-order valence-corrected chi connectivity index (χ2v) is 13.0. The maximum absolute atomic E-state index is 13.8. The second-order valence-electron chi connectivity index (χ2n) is 12.5. The molecular weight excluding hydrogens is 572 g/mol. The van der Waals surface area contributed by atoms with E-state index in [0.717, 1.165) is 24.8 Å². The van der Waals surface area contributed by atoms with Gasteiger partial charge in [-0.05, 0) is 53.4 Å². The molecule has 2 rings (SSSR count). The van der Waals surface area contributed by atoms with Crippen molar-refractivity contribution in [3.63, 3.8) is 0 Å². The monoisotopic (exact) mass is 626 g/mol. The average Bonchev–Trinajstić information content (AvgIpc) is 3.47. The molecule has 3 unspecified atom stereocenters. The third-order valence-electron chi connectivity index (χ3n) is 8.79. The number of nitrogens with zero attached hydrogens (tertiary/aromatic N) is 3. The highest BCUT2D eigenvalue weighted by Gasteiger charge is 2.47. The summed E-state index contributed by atoms with van der Waals surface area (Å²) in [6.45, 7) is 22.1. The Bertz CT molecular complexity index is 1040. The van der Waals surface area contributed by atoms with Crippen molar-refractivity contribution in [2.24, 2.45) is 11.8 Å². The van der Waals surface area contributed by atoms with Gasteiger partial charge in [0, 0.05) is 32.1 Å². The van der Waals surface area contributed by atoms with E-state index in [1.165, 1.54) is 6.92 Å². The van der Waals surface area contributed by atoms with Gasteiger partial charge in [0.1, 0.15) is 18.3 Å². The smallest absolute Gasteiger partial charge is 0.312 e. The Balaban J connectivity index is 2.30. The van der Waals surface area contributed by atoms with Crippen LogP contribution in [0.3, 0.4) is 0 Å². The number of hydrogen-bond donors (Lipinski definition) is 1. The molecular formula is C31H54N4O7S. The lowest BCUT2D eigenvalue weighted by molar-refractivity contribution is -0.193. The van der Waals surface area contributed by atoms with Gasteiger partial charge in [-0.25, -0.2) is 0 Å². The highest BCUT2D eigenvalue weighted by Crippen LogP contribution is 2.37. The number of carbonyl (C=O) groups excluding carboxylic acids is 3. The van der Waals surface area contributed by atoms with Crippen LogP contribution < -0.4 is 15.0 Å². The summed E-state index contributed by atoms with van der Waals surface area (Å²) in [5.41, 5.74) is -2.11. The summed E-state index contributed by atoms with van der Waals surface area (Å²) in [6.07, 6.45) is 1.50. The fraction of sp³-hybridized carbons (Fsp3) is 0.839. The number of rotatable bonds is 18. The third kappa shape index (κ3) is 9.67. The van der Waals surface area contributed by atoms with Crippen molar-refractivity contribution in [2.45, 2.75) is 118 Å². The Morgan fingerprint density at radius 3 is 2.05 bits per heavy atom. The Labute approximate surface area is 262 Å². The van der Waals surface area contributed by atoms with Crippen LogP contribution >= 0.6 is 11.7 Å². The molecule has 0 saturated carbocycles. The van der Waals surface area contributed by atoms with Gasteiger partial charge in [0.25, 0.3) is 5.88 Å². The van der Waals surface area contributed by atoms with E-state index in [1.54, 1.807) is 6.92 Å². The average molecular weight is 627 g/mol. The zero-order valence-electron chi connectivity index (χ0n) is 27.9. The minimum Gasteiger partial charge on any atom is -0.472 e. The molecule has 43 heavy (non-hydrogen) atoms. The van der Waals surface area contributed by atoms with Crippen molar-refractivity contribution in [3.05, 3.63) is 0 Å². The minimum atomic E-state index is -1.08. The molecule has 0 aromatic carbocycles. The molecule has 0 amide bonds. The maximum atomic E-state index is 13.8. The number of morpholine rings is 1. The van der Waals surface area contributed by atoms with Gasteiger partial charge >= 0.3 is 5.97 Å². The first kappa shape index (κ1) is 37.0. The van der Waals surface area contributed by atoms with E-state index in [1.807, 2.05) is 34.6 Å². The van der Waals surface area contributed by atoms with E-state index in [9.17, 15) is 14.4 Å². The van der Waals surface area contributed by atoms with Crippen LogP contribution in [0.5, 0.6) is 5.88 Å². The van der Waals surface area contributed by atoms with Crippen LogP contribution in [0.2, 0.25) is 0 Å². The fourth-order valence-corrected chi connectivity index (χ4v) is 6.09. The minimum absolute atomic E-state index is 0.171. The van der Waals surface area contributed by atoms with Crippen molar-refractivity contribution in [3.8, 4) is 5.88 Å². The van der Waals surface area contributed by atoms with Gasteiger partial charge in [-0.3, -0.25) is 14.4 Å². The normalized spacial score (nSPS) is 16.8. The van der Waals surface area contributed by atoms with Gasteiger partial charge in [0.05, 0.1) is 42.4 Å². The van der Waals surface area contributed by atoms with Crippen molar-refractivity contribution < 1.29 is 33.3 Å². The summed E-state index contributed by atoms with van der Waals surface area (Å²) in [5.74, 6) is -1.75. The Morgan fingerprint density at radius 1 is 0.953 bits per heavy atom. The number of Topliss-reactive ketones (excluding diaryl/α,β-unsaturated/α-hetero) is 2. The number of nitrogens with one attached hydrogen (secondary N) is 1. The second kappa shape index (κ2) is 16.2. The van der Waals surface area contributed by atoms with Crippen LogP contribution in [0.15, 0.2) is 0 Å². The first-order chi connectivity index (χ1) is 20.2. The number of ether oxygens (including phenoxy) is 4. The van der Waals surface area contributed by atoms with Crippen LogP contribution in [-0.2, 0) is 28.6 Å². The zero-order valence-corrected chi connectivity index (χ0v) is 28.7. The molecule has 0 radical (unpaired) electrons. The fourth-order valence-electron chi connectivity index (χ4n) is 5.57. The van der Waals surface area contributed by atoms with Gasteiger partial charge in [-0.2, -0.15) is 4.37 Å². The molecule has 3 atom stereocenters. The maximum Gasteiger partial charge on any atom is 0.312 e. The number of hydrogen-bond acceptors (Lipinski definition) is 12. The molecule has 1 aromatic rings. The summed E-state index contributed by atoms with van der Waals surface area (Å²) in [4.78, 5) is 40.5. The standard InChI is InChI=1S/C31H54N4O7S/c1-11-30(12-2,21(5)25(37)23(7)36)42-28(38)22(6)31(13-3,14-4)41-24(19-32-29(8,9)10)20-40-27-26(33-43-34-27)35-15-17-39-18-16-35/h21-22,24,32H,11-20H2,1-10H3. The molecule has 1 aliphatic heterocycles. The van der Waals surface area contributed by atoms with Crippen molar-refractivity contribution in [2.75, 3.05) is 44.4 Å². The van der Waals surface area contributed by atoms with E-state index in [-0.39, 0.29) is 12.1 Å². The molecule has 1 saturated heterocycles. The van der Waals surface area contributed by atoms with Gasteiger partial charge in [0.2, 0.25) is 11.6 Å². The number of anilines is 1. The van der Waals surface area contributed by atoms with E-state index in [0.29, 0.717) is 57.1 Å². The summed E-state index contributed by atoms with van der Waals surface area (Å²) < 4.78 is 33.6. The third-order valence-corrected chi connectivity index (χ3v) is 9.29. The lowest BCUT2D eigenvalue weighted by Gasteiger charge is -2.42. The Morgan fingerprint density at radius 2 is 1.53 bits per heavy atom. The van der Waals surface area contributed by atoms with Gasteiger partial charge < -0.3 is 29.2 Å². The van der Waals surface area contributed by atoms with Crippen LogP contribution in [0.4, 0.5) is 5.82 Å². The molecule has 11 nitrogen and oxygen atoms in total. The number of esters is 1. The Kier molecular flexibility index (Phi) is 14.0. The predicted octanol–water partition coefficient (Wildman–Crippen LogP) is 4.62. The molecule has 1 N–H and O–H groups in total. The predicted molar refractivity (Wildman–Crippen MR) is 168 cm³/mol.